The molecule has 0 unspecified atom stereocenters. The first-order valence-electron chi connectivity index (χ1n) is 10.1. The second-order valence-electron chi connectivity index (χ2n) is 8.69. The quantitative estimate of drug-likeness (QED) is 0.562. The van der Waals surface area contributed by atoms with E-state index in [1.165, 1.54) is 23.1 Å². The van der Waals surface area contributed by atoms with Crippen LogP contribution in [0.5, 0.6) is 0 Å². The minimum Gasteiger partial charge on any atom is -0.337 e. The van der Waals surface area contributed by atoms with Crippen molar-refractivity contribution in [3.8, 4) is 0 Å². The van der Waals surface area contributed by atoms with Crippen LogP contribution in [0.4, 0.5) is 0 Å². The monoisotopic (exact) mass is 474 g/mol. The van der Waals surface area contributed by atoms with Crippen molar-refractivity contribution < 1.29 is 13.2 Å². The zero-order valence-corrected chi connectivity index (χ0v) is 20.1. The first kappa shape index (κ1) is 24.0. The maximum absolute atomic E-state index is 13.0. The van der Waals surface area contributed by atoms with Gasteiger partial charge >= 0.3 is 0 Å². The fourth-order valence-corrected chi connectivity index (χ4v) is 5.16. The van der Waals surface area contributed by atoms with Gasteiger partial charge in [0.2, 0.25) is 10.0 Å². The first-order valence-corrected chi connectivity index (χ1v) is 11.9. The summed E-state index contributed by atoms with van der Waals surface area (Å²) in [5.74, 6) is -0.315. The van der Waals surface area contributed by atoms with E-state index in [1.807, 2.05) is 41.2 Å². The molecule has 0 radical (unpaired) electrons. The van der Waals surface area contributed by atoms with Crippen molar-refractivity contribution in [1.82, 2.24) is 19.4 Å². The van der Waals surface area contributed by atoms with Crippen LogP contribution in [0.15, 0.2) is 65.8 Å². The third-order valence-corrected chi connectivity index (χ3v) is 6.79. The van der Waals surface area contributed by atoms with Crippen molar-refractivity contribution in [1.29, 1.82) is 0 Å². The summed E-state index contributed by atoms with van der Waals surface area (Å²) in [6.45, 7) is 6.17. The third-order valence-electron chi connectivity index (χ3n) is 4.55. The Morgan fingerprint density at radius 1 is 1.12 bits per heavy atom. The topological polar surface area (TPSA) is 84.3 Å². The van der Waals surface area contributed by atoms with Crippen molar-refractivity contribution in [2.45, 2.75) is 44.3 Å². The minimum atomic E-state index is -3.88. The van der Waals surface area contributed by atoms with E-state index in [0.717, 1.165) is 11.1 Å². The maximum atomic E-state index is 13.0. The summed E-state index contributed by atoms with van der Waals surface area (Å²) in [6, 6.07) is 14.2. The van der Waals surface area contributed by atoms with E-state index in [0.29, 0.717) is 13.1 Å². The molecular weight excluding hydrogens is 448 g/mol. The standard InChI is InChI=1S/C23H27ClN4O3S/c1-23(2,3)26-32(30,31)21-12-19(10-11-20(21)24)22(29)27(4)14-18-13-25-28(16-18)15-17-8-6-5-7-9-17/h5-13,16,26H,14-15H2,1-4H3. The van der Waals surface area contributed by atoms with Gasteiger partial charge in [-0.3, -0.25) is 9.48 Å². The maximum Gasteiger partial charge on any atom is 0.253 e. The number of rotatable bonds is 7. The molecule has 2 aromatic carbocycles. The number of aromatic nitrogens is 2. The number of carbonyl (C=O) groups excluding carboxylic acids is 1. The van der Waals surface area contributed by atoms with Gasteiger partial charge in [-0.05, 0) is 44.5 Å². The lowest BCUT2D eigenvalue weighted by Crippen LogP contribution is -2.40. The van der Waals surface area contributed by atoms with Crippen LogP contribution in [-0.2, 0) is 23.1 Å². The Morgan fingerprint density at radius 2 is 1.81 bits per heavy atom. The Balaban J connectivity index is 1.74. The van der Waals surface area contributed by atoms with E-state index in [9.17, 15) is 13.2 Å². The molecule has 0 saturated heterocycles. The zero-order chi connectivity index (χ0) is 23.5. The molecule has 9 heteroatoms. The molecule has 32 heavy (non-hydrogen) atoms. The van der Waals surface area contributed by atoms with Crippen molar-refractivity contribution in [3.05, 3.63) is 82.6 Å². The Labute approximate surface area is 194 Å². The highest BCUT2D eigenvalue weighted by Gasteiger charge is 2.26. The van der Waals surface area contributed by atoms with Crippen molar-refractivity contribution in [3.63, 3.8) is 0 Å². The van der Waals surface area contributed by atoms with Crippen LogP contribution in [0, 0.1) is 0 Å². The molecule has 170 valence electrons. The van der Waals surface area contributed by atoms with Gasteiger partial charge in [0, 0.05) is 36.5 Å². The van der Waals surface area contributed by atoms with E-state index >= 15 is 0 Å². The van der Waals surface area contributed by atoms with Crippen LogP contribution in [0.25, 0.3) is 0 Å². The molecule has 0 saturated carbocycles. The molecule has 0 bridgehead atoms. The molecule has 0 aliphatic carbocycles. The summed E-state index contributed by atoms with van der Waals surface area (Å²) in [5, 5.41) is 4.42. The number of hydrogen-bond donors (Lipinski definition) is 1. The number of hydrogen-bond acceptors (Lipinski definition) is 4. The summed E-state index contributed by atoms with van der Waals surface area (Å²) in [6.07, 6.45) is 3.61. The normalized spacial score (nSPS) is 12.0. The predicted octanol–water partition coefficient (Wildman–Crippen LogP) is 3.93. The Bertz CT molecular complexity index is 1200. The highest BCUT2D eigenvalue weighted by molar-refractivity contribution is 7.89. The van der Waals surface area contributed by atoms with E-state index in [4.69, 9.17) is 11.6 Å². The predicted molar refractivity (Wildman–Crippen MR) is 125 cm³/mol. The molecule has 3 aromatic rings. The average Bonchev–Trinajstić information content (AvgIpc) is 3.13. The summed E-state index contributed by atoms with van der Waals surface area (Å²) in [4.78, 5) is 14.4. The first-order chi connectivity index (χ1) is 14.9. The van der Waals surface area contributed by atoms with E-state index in [-0.39, 0.29) is 21.4 Å². The third kappa shape index (κ3) is 6.18. The van der Waals surface area contributed by atoms with Crippen LogP contribution in [0.2, 0.25) is 5.02 Å². The van der Waals surface area contributed by atoms with Gasteiger partial charge in [-0.1, -0.05) is 41.9 Å². The lowest BCUT2D eigenvalue weighted by atomic mass is 10.1. The fourth-order valence-electron chi connectivity index (χ4n) is 3.21. The van der Waals surface area contributed by atoms with Crippen molar-refractivity contribution in [2.75, 3.05) is 7.05 Å². The van der Waals surface area contributed by atoms with Crippen molar-refractivity contribution >= 4 is 27.5 Å². The number of carbonyl (C=O) groups is 1. The highest BCUT2D eigenvalue weighted by atomic mass is 35.5. The van der Waals surface area contributed by atoms with Gasteiger partial charge in [-0.2, -0.15) is 5.10 Å². The Morgan fingerprint density at radius 3 is 2.47 bits per heavy atom. The molecule has 3 rings (SSSR count). The van der Waals surface area contributed by atoms with Gasteiger partial charge in [0.05, 0.1) is 17.8 Å². The van der Waals surface area contributed by atoms with E-state index < -0.39 is 15.6 Å². The van der Waals surface area contributed by atoms with Gasteiger partial charge < -0.3 is 4.90 Å². The molecule has 0 spiro atoms. The van der Waals surface area contributed by atoms with Crippen LogP contribution in [0.3, 0.4) is 0 Å². The van der Waals surface area contributed by atoms with Crippen LogP contribution in [0.1, 0.15) is 42.3 Å². The number of sulfonamides is 1. The molecule has 0 atom stereocenters. The van der Waals surface area contributed by atoms with Crippen LogP contribution < -0.4 is 4.72 Å². The molecule has 7 nitrogen and oxygen atoms in total. The minimum absolute atomic E-state index is 0.0585. The SMILES string of the molecule is CN(Cc1cnn(Cc2ccccc2)c1)C(=O)c1ccc(Cl)c(S(=O)(=O)NC(C)(C)C)c1. The Hall–Kier alpha value is -2.68. The van der Waals surface area contributed by atoms with Gasteiger partial charge in [-0.15, -0.1) is 0 Å². The van der Waals surface area contributed by atoms with E-state index in [1.54, 1.807) is 34.0 Å². The van der Waals surface area contributed by atoms with Gasteiger partial charge in [0.1, 0.15) is 4.90 Å². The lowest BCUT2D eigenvalue weighted by molar-refractivity contribution is 0.0785. The fraction of sp³-hybridized carbons (Fsp3) is 0.304. The van der Waals surface area contributed by atoms with Gasteiger partial charge in [-0.25, -0.2) is 13.1 Å². The van der Waals surface area contributed by atoms with Crippen LogP contribution in [-0.4, -0.2) is 41.6 Å². The molecule has 1 heterocycles. The van der Waals surface area contributed by atoms with Gasteiger partial charge in [0.25, 0.3) is 5.91 Å². The summed E-state index contributed by atoms with van der Waals surface area (Å²) >= 11 is 6.14. The molecule has 1 N–H and O–H groups in total. The second-order valence-corrected chi connectivity index (χ2v) is 10.8. The molecule has 0 aliphatic heterocycles. The van der Waals surface area contributed by atoms with Gasteiger partial charge in [0.15, 0.2) is 0 Å². The molecular formula is C23H27ClN4O3S. The molecule has 0 fully saturated rings. The summed E-state index contributed by atoms with van der Waals surface area (Å²) < 4.78 is 29.8. The van der Waals surface area contributed by atoms with E-state index in [2.05, 4.69) is 9.82 Å². The van der Waals surface area contributed by atoms with Crippen LogP contribution >= 0.6 is 11.6 Å². The number of nitrogens with zero attached hydrogens (tertiary/aromatic N) is 3. The largest absolute Gasteiger partial charge is 0.337 e. The number of amides is 1. The number of benzene rings is 2. The molecule has 0 aliphatic rings. The molecule has 1 aromatic heterocycles. The second kappa shape index (κ2) is 9.44. The average molecular weight is 475 g/mol. The zero-order valence-electron chi connectivity index (χ0n) is 18.5. The lowest BCUT2D eigenvalue weighted by Gasteiger charge is -2.21. The Kier molecular flexibility index (Phi) is 7.07. The highest BCUT2D eigenvalue weighted by Crippen LogP contribution is 2.25. The smallest absolute Gasteiger partial charge is 0.253 e. The summed E-state index contributed by atoms with van der Waals surface area (Å²) in [7, 11) is -2.22. The number of halogens is 1. The number of nitrogens with one attached hydrogen (secondary N) is 1. The van der Waals surface area contributed by atoms with Crippen molar-refractivity contribution in [2.24, 2.45) is 0 Å². The summed E-state index contributed by atoms with van der Waals surface area (Å²) in [5.41, 5.74) is 1.56. The molecule has 1 amide bonds.